The first kappa shape index (κ1) is 20.2. The Morgan fingerprint density at radius 3 is 2.75 bits per heavy atom. The third-order valence-corrected chi connectivity index (χ3v) is 6.30. The van der Waals surface area contributed by atoms with Crippen molar-refractivity contribution in [2.45, 2.75) is 33.2 Å². The lowest BCUT2D eigenvalue weighted by molar-refractivity contribution is -0.118. The number of hydrogen-bond acceptors (Lipinski definition) is 3. The van der Waals surface area contributed by atoms with E-state index in [2.05, 4.69) is 4.98 Å². The number of para-hydroxylation sites is 1. The molecule has 5 rings (SSSR count). The minimum Gasteiger partial charge on any atom is -0.312 e. The number of hydrogen-bond donors (Lipinski definition) is 0. The molecular formula is C25H23FN4O2. The van der Waals surface area contributed by atoms with E-state index in [-0.39, 0.29) is 30.2 Å². The molecule has 0 saturated heterocycles. The Labute approximate surface area is 184 Å². The number of halogens is 1. The number of benzene rings is 2. The molecule has 0 fully saturated rings. The van der Waals surface area contributed by atoms with Crippen molar-refractivity contribution in [2.75, 3.05) is 11.4 Å². The number of carbonyl (C=O) groups excluding carboxylic acids is 1. The molecule has 0 N–H and O–H groups in total. The van der Waals surface area contributed by atoms with Gasteiger partial charge in [-0.15, -0.1) is 0 Å². The van der Waals surface area contributed by atoms with Crippen molar-refractivity contribution in [3.8, 4) is 5.69 Å². The van der Waals surface area contributed by atoms with Gasteiger partial charge in [0, 0.05) is 30.9 Å². The molecule has 4 aromatic rings. The van der Waals surface area contributed by atoms with E-state index in [0.29, 0.717) is 23.3 Å². The van der Waals surface area contributed by atoms with Gasteiger partial charge in [-0.2, -0.15) is 0 Å². The molecule has 3 heterocycles. The fraction of sp³-hybridized carbons (Fsp3) is 0.240. The number of aryl methyl sites for hydroxylation is 2. The van der Waals surface area contributed by atoms with Gasteiger partial charge in [0.05, 0.1) is 17.4 Å². The van der Waals surface area contributed by atoms with Crippen molar-refractivity contribution in [3.63, 3.8) is 0 Å². The summed E-state index contributed by atoms with van der Waals surface area (Å²) >= 11 is 0. The summed E-state index contributed by atoms with van der Waals surface area (Å²) in [7, 11) is 0. The van der Waals surface area contributed by atoms with Gasteiger partial charge in [-0.05, 0) is 55.7 Å². The summed E-state index contributed by atoms with van der Waals surface area (Å²) in [6.45, 7) is 4.68. The van der Waals surface area contributed by atoms with Gasteiger partial charge in [-0.25, -0.2) is 9.37 Å². The fourth-order valence-corrected chi connectivity index (χ4v) is 4.52. The van der Waals surface area contributed by atoms with Crippen LogP contribution in [0.15, 0.2) is 59.7 Å². The van der Waals surface area contributed by atoms with Gasteiger partial charge in [0.15, 0.2) is 5.65 Å². The number of anilines is 1. The first-order valence-electron chi connectivity index (χ1n) is 10.7. The minimum absolute atomic E-state index is 0.00724. The highest BCUT2D eigenvalue weighted by Crippen LogP contribution is 2.28. The lowest BCUT2D eigenvalue weighted by Gasteiger charge is -2.17. The van der Waals surface area contributed by atoms with E-state index in [1.165, 1.54) is 28.6 Å². The number of fused-ring (bicyclic) bond motifs is 2. The van der Waals surface area contributed by atoms with Crippen LogP contribution >= 0.6 is 0 Å². The van der Waals surface area contributed by atoms with Crippen LogP contribution in [0.3, 0.4) is 0 Å². The van der Waals surface area contributed by atoms with Crippen molar-refractivity contribution in [3.05, 3.63) is 87.9 Å². The zero-order valence-electron chi connectivity index (χ0n) is 18.0. The predicted molar refractivity (Wildman–Crippen MR) is 122 cm³/mol. The lowest BCUT2D eigenvalue weighted by Crippen LogP contribution is -2.31. The van der Waals surface area contributed by atoms with Crippen LogP contribution in [0.25, 0.3) is 16.7 Å². The summed E-state index contributed by atoms with van der Waals surface area (Å²) in [5.41, 5.74) is 4.68. The lowest BCUT2D eigenvalue weighted by atomic mass is 10.2. The van der Waals surface area contributed by atoms with Gasteiger partial charge in [-0.3, -0.25) is 18.7 Å². The topological polar surface area (TPSA) is 60.1 Å². The van der Waals surface area contributed by atoms with Gasteiger partial charge in [0.25, 0.3) is 5.56 Å². The maximum absolute atomic E-state index is 13.8. The van der Waals surface area contributed by atoms with Crippen LogP contribution in [0.4, 0.5) is 10.1 Å². The second-order valence-electron chi connectivity index (χ2n) is 8.14. The van der Waals surface area contributed by atoms with Crippen molar-refractivity contribution >= 4 is 22.6 Å². The first-order valence-corrected chi connectivity index (χ1v) is 10.7. The summed E-state index contributed by atoms with van der Waals surface area (Å²) in [4.78, 5) is 32.4. The summed E-state index contributed by atoms with van der Waals surface area (Å²) in [5.74, 6) is -0.357. The normalized spacial score (nSPS) is 13.0. The molecule has 32 heavy (non-hydrogen) atoms. The Kier molecular flexibility index (Phi) is 4.89. The fourth-order valence-electron chi connectivity index (χ4n) is 4.52. The molecule has 0 bridgehead atoms. The largest absolute Gasteiger partial charge is 0.312 e. The number of rotatable bonds is 4. The van der Waals surface area contributed by atoms with E-state index in [1.54, 1.807) is 21.6 Å². The molecule has 0 radical (unpaired) electrons. The van der Waals surface area contributed by atoms with E-state index in [9.17, 15) is 14.0 Å². The van der Waals surface area contributed by atoms with Crippen molar-refractivity contribution in [1.82, 2.24) is 14.1 Å². The summed E-state index contributed by atoms with van der Waals surface area (Å²) in [6.07, 6.45) is 2.54. The highest BCUT2D eigenvalue weighted by atomic mass is 19.1. The van der Waals surface area contributed by atoms with Gasteiger partial charge in [0.2, 0.25) is 5.91 Å². The summed E-state index contributed by atoms with van der Waals surface area (Å²) in [6, 6.07) is 14.1. The molecule has 1 aliphatic rings. The van der Waals surface area contributed by atoms with Gasteiger partial charge >= 0.3 is 0 Å². The summed E-state index contributed by atoms with van der Waals surface area (Å²) in [5, 5.41) is 0.494. The number of carbonyl (C=O) groups is 1. The standard InChI is InChI=1S/C25H23FN4O2/c1-16-17(2)30(20-8-5-7-19(26)14-20)24-23(16)25(32)28(15-27-24)12-11-22(31)29-13-10-18-6-3-4-9-21(18)29/h3-9,14-15H,10-13H2,1-2H3. The Balaban J connectivity index is 1.45. The maximum atomic E-state index is 13.8. The number of amides is 1. The van der Waals surface area contributed by atoms with Gasteiger partial charge in [-0.1, -0.05) is 24.3 Å². The zero-order valence-corrected chi connectivity index (χ0v) is 18.0. The molecule has 0 atom stereocenters. The molecule has 2 aromatic carbocycles. The van der Waals surface area contributed by atoms with E-state index >= 15 is 0 Å². The predicted octanol–water partition coefficient (Wildman–Crippen LogP) is 3.92. The molecule has 0 aliphatic carbocycles. The third-order valence-electron chi connectivity index (χ3n) is 6.30. The van der Waals surface area contributed by atoms with E-state index in [0.717, 1.165) is 23.4 Å². The highest BCUT2D eigenvalue weighted by Gasteiger charge is 2.24. The molecule has 2 aromatic heterocycles. The molecule has 162 valence electrons. The first-order chi connectivity index (χ1) is 15.5. The average Bonchev–Trinajstić information content (AvgIpc) is 3.33. The molecule has 1 amide bonds. The molecule has 7 heteroatoms. The SMILES string of the molecule is Cc1c(C)n(-c2cccc(F)c2)c2ncn(CCC(=O)N3CCc4ccccc43)c(=O)c12. The van der Waals surface area contributed by atoms with Crippen molar-refractivity contribution in [2.24, 2.45) is 0 Å². The molecule has 0 spiro atoms. The molecular weight excluding hydrogens is 407 g/mol. The number of aromatic nitrogens is 3. The van der Waals surface area contributed by atoms with Crippen LogP contribution in [0.2, 0.25) is 0 Å². The van der Waals surface area contributed by atoms with Gasteiger partial charge < -0.3 is 4.90 Å². The van der Waals surface area contributed by atoms with Crippen LogP contribution in [0.5, 0.6) is 0 Å². The molecule has 6 nitrogen and oxygen atoms in total. The van der Waals surface area contributed by atoms with Crippen molar-refractivity contribution < 1.29 is 9.18 Å². The third kappa shape index (κ3) is 3.21. The van der Waals surface area contributed by atoms with Crippen LogP contribution in [0, 0.1) is 19.7 Å². The number of nitrogens with zero attached hydrogens (tertiary/aromatic N) is 4. The van der Waals surface area contributed by atoms with Crippen LogP contribution in [-0.4, -0.2) is 26.6 Å². The Morgan fingerprint density at radius 1 is 1.12 bits per heavy atom. The van der Waals surface area contributed by atoms with Crippen LogP contribution in [-0.2, 0) is 17.8 Å². The van der Waals surface area contributed by atoms with E-state index in [4.69, 9.17) is 0 Å². The quantitative estimate of drug-likeness (QED) is 0.493. The minimum atomic E-state index is -0.350. The summed E-state index contributed by atoms with van der Waals surface area (Å²) < 4.78 is 17.1. The zero-order chi connectivity index (χ0) is 22.4. The highest BCUT2D eigenvalue weighted by molar-refractivity contribution is 5.95. The smallest absolute Gasteiger partial charge is 0.263 e. The molecule has 0 saturated carbocycles. The second kappa shape index (κ2) is 7.75. The Morgan fingerprint density at radius 2 is 1.94 bits per heavy atom. The maximum Gasteiger partial charge on any atom is 0.263 e. The molecule has 1 aliphatic heterocycles. The average molecular weight is 430 g/mol. The van der Waals surface area contributed by atoms with E-state index in [1.807, 2.05) is 38.1 Å². The monoisotopic (exact) mass is 430 g/mol. The second-order valence-corrected chi connectivity index (χ2v) is 8.14. The Bertz CT molecular complexity index is 1420. The Hall–Kier alpha value is -3.74. The molecule has 0 unspecified atom stereocenters. The van der Waals surface area contributed by atoms with E-state index < -0.39 is 0 Å². The van der Waals surface area contributed by atoms with Crippen LogP contribution in [0.1, 0.15) is 23.2 Å². The van der Waals surface area contributed by atoms with Crippen molar-refractivity contribution in [1.29, 1.82) is 0 Å². The van der Waals surface area contributed by atoms with Crippen LogP contribution < -0.4 is 10.5 Å². The van der Waals surface area contributed by atoms with Gasteiger partial charge in [0.1, 0.15) is 5.82 Å².